The second-order valence-electron chi connectivity index (χ2n) is 6.51. The molecule has 0 bridgehead atoms. The Labute approximate surface area is 151 Å². The number of carbonyl (C=O) groups is 3. The molecule has 1 aliphatic rings. The number of carbonyl (C=O) groups excluding carboxylic acids is 2. The number of nitrogens with one attached hydrogen (secondary N) is 1. The summed E-state index contributed by atoms with van der Waals surface area (Å²) in [5.41, 5.74) is 2.15. The van der Waals surface area contributed by atoms with Crippen LogP contribution in [0.4, 0.5) is 5.69 Å². The van der Waals surface area contributed by atoms with Gasteiger partial charge >= 0.3 is 5.97 Å². The fraction of sp³-hybridized carbons (Fsp3) is 0.250. The van der Waals surface area contributed by atoms with E-state index < -0.39 is 5.97 Å². The van der Waals surface area contributed by atoms with Crippen LogP contribution < -0.4 is 5.32 Å². The Hall–Kier alpha value is -3.15. The lowest BCUT2D eigenvalue weighted by molar-refractivity contribution is -0.117. The van der Waals surface area contributed by atoms with Crippen LogP contribution in [0.1, 0.15) is 39.1 Å². The van der Waals surface area contributed by atoms with E-state index in [-0.39, 0.29) is 23.3 Å². The summed E-state index contributed by atoms with van der Waals surface area (Å²) >= 11 is 0. The number of hydrogen-bond donors (Lipinski definition) is 2. The average Bonchev–Trinajstić information content (AvgIpc) is 3.47. The number of hydrogen-bond acceptors (Lipinski definition) is 3. The summed E-state index contributed by atoms with van der Waals surface area (Å²) in [6.45, 7) is 0.359. The molecular formula is C20H20N2O4. The Bertz CT molecular complexity index is 841. The normalized spacial score (nSPS) is 13.1. The van der Waals surface area contributed by atoms with Crippen LogP contribution >= 0.6 is 0 Å². The van der Waals surface area contributed by atoms with E-state index in [9.17, 15) is 14.4 Å². The van der Waals surface area contributed by atoms with Crippen molar-refractivity contribution in [1.29, 1.82) is 0 Å². The Kier molecular flexibility index (Phi) is 5.02. The van der Waals surface area contributed by atoms with Crippen molar-refractivity contribution in [3.63, 3.8) is 0 Å². The summed E-state index contributed by atoms with van der Waals surface area (Å²) in [7, 11) is 1.68. The molecule has 134 valence electrons. The molecule has 1 fully saturated rings. The molecule has 6 nitrogen and oxygen atoms in total. The minimum atomic E-state index is -0.981. The van der Waals surface area contributed by atoms with Crippen molar-refractivity contribution < 1.29 is 19.5 Å². The zero-order valence-electron chi connectivity index (χ0n) is 14.4. The van der Waals surface area contributed by atoms with Crippen LogP contribution in [0.15, 0.2) is 48.5 Å². The molecule has 0 atom stereocenters. The van der Waals surface area contributed by atoms with Crippen LogP contribution in [0.25, 0.3) is 0 Å². The lowest BCUT2D eigenvalue weighted by Gasteiger charge is -2.18. The van der Waals surface area contributed by atoms with E-state index in [0.29, 0.717) is 17.8 Å². The van der Waals surface area contributed by atoms with E-state index >= 15 is 0 Å². The van der Waals surface area contributed by atoms with Gasteiger partial charge in [-0.1, -0.05) is 18.2 Å². The second-order valence-corrected chi connectivity index (χ2v) is 6.51. The van der Waals surface area contributed by atoms with Crippen molar-refractivity contribution in [2.24, 2.45) is 5.92 Å². The second kappa shape index (κ2) is 7.39. The van der Waals surface area contributed by atoms with Gasteiger partial charge in [0.2, 0.25) is 5.91 Å². The SMILES string of the molecule is CN(Cc1ccc(C(=O)O)cc1)C(=O)c1cccc(NC(=O)C2CC2)c1. The number of carboxylic acid groups (broad SMARTS) is 1. The highest BCUT2D eigenvalue weighted by atomic mass is 16.4. The van der Waals surface area contributed by atoms with E-state index in [4.69, 9.17) is 5.11 Å². The summed E-state index contributed by atoms with van der Waals surface area (Å²) < 4.78 is 0. The first kappa shape index (κ1) is 17.7. The third kappa shape index (κ3) is 4.27. The van der Waals surface area contributed by atoms with Crippen LogP contribution in [0.2, 0.25) is 0 Å². The van der Waals surface area contributed by atoms with Crippen LogP contribution in [0.5, 0.6) is 0 Å². The third-order valence-electron chi connectivity index (χ3n) is 4.29. The number of nitrogens with zero attached hydrogens (tertiary/aromatic N) is 1. The van der Waals surface area contributed by atoms with Gasteiger partial charge in [-0.15, -0.1) is 0 Å². The first-order valence-corrected chi connectivity index (χ1v) is 8.42. The van der Waals surface area contributed by atoms with Crippen molar-refractivity contribution in [1.82, 2.24) is 4.90 Å². The van der Waals surface area contributed by atoms with Crippen LogP contribution in [0, 0.1) is 5.92 Å². The van der Waals surface area contributed by atoms with Crippen molar-refractivity contribution in [2.45, 2.75) is 19.4 Å². The summed E-state index contributed by atoms with van der Waals surface area (Å²) in [6.07, 6.45) is 1.85. The van der Waals surface area contributed by atoms with E-state index in [0.717, 1.165) is 18.4 Å². The van der Waals surface area contributed by atoms with E-state index in [1.807, 2.05) is 0 Å². The van der Waals surface area contributed by atoms with Crippen LogP contribution in [-0.4, -0.2) is 34.8 Å². The lowest BCUT2D eigenvalue weighted by atomic mass is 10.1. The van der Waals surface area contributed by atoms with Crippen molar-refractivity contribution in [3.8, 4) is 0 Å². The minimum absolute atomic E-state index is 0.00136. The molecule has 0 unspecified atom stereocenters. The Morgan fingerprint density at radius 2 is 1.77 bits per heavy atom. The molecular weight excluding hydrogens is 332 g/mol. The van der Waals surface area contributed by atoms with Gasteiger partial charge in [-0.3, -0.25) is 9.59 Å². The molecule has 1 aliphatic carbocycles. The fourth-order valence-electron chi connectivity index (χ4n) is 2.64. The predicted molar refractivity (Wildman–Crippen MR) is 97.0 cm³/mol. The molecule has 3 rings (SSSR count). The smallest absolute Gasteiger partial charge is 0.335 e. The molecule has 26 heavy (non-hydrogen) atoms. The number of rotatable bonds is 6. The van der Waals surface area contributed by atoms with Crippen molar-refractivity contribution in [2.75, 3.05) is 12.4 Å². The molecule has 0 heterocycles. The Morgan fingerprint density at radius 3 is 2.38 bits per heavy atom. The van der Waals surface area contributed by atoms with Gasteiger partial charge in [-0.05, 0) is 48.7 Å². The number of anilines is 1. The summed E-state index contributed by atoms with van der Waals surface area (Å²) in [5, 5.41) is 11.8. The molecule has 0 saturated heterocycles. The van der Waals surface area contributed by atoms with Crippen LogP contribution in [-0.2, 0) is 11.3 Å². The largest absolute Gasteiger partial charge is 0.478 e. The summed E-state index contributed by atoms with van der Waals surface area (Å²) in [5.74, 6) is -1.05. The standard InChI is InChI=1S/C20H20N2O4/c1-22(12-13-5-7-15(8-6-13)20(25)26)19(24)16-3-2-4-17(11-16)21-18(23)14-9-10-14/h2-8,11,14H,9-10,12H2,1H3,(H,21,23)(H,25,26). The fourth-order valence-corrected chi connectivity index (χ4v) is 2.64. The van der Waals surface area contributed by atoms with E-state index in [2.05, 4.69) is 5.32 Å². The van der Waals surface area contributed by atoms with Gasteiger partial charge in [-0.2, -0.15) is 0 Å². The van der Waals surface area contributed by atoms with Gasteiger partial charge < -0.3 is 15.3 Å². The number of aromatic carboxylic acids is 1. The van der Waals surface area contributed by atoms with Gasteiger partial charge in [0.15, 0.2) is 0 Å². The molecule has 0 radical (unpaired) electrons. The maximum Gasteiger partial charge on any atom is 0.335 e. The highest BCUT2D eigenvalue weighted by Gasteiger charge is 2.29. The van der Waals surface area contributed by atoms with Gasteiger partial charge in [0.25, 0.3) is 5.91 Å². The van der Waals surface area contributed by atoms with Crippen LogP contribution in [0.3, 0.4) is 0 Å². The first-order valence-electron chi connectivity index (χ1n) is 8.42. The third-order valence-corrected chi connectivity index (χ3v) is 4.29. The highest BCUT2D eigenvalue weighted by Crippen LogP contribution is 2.30. The minimum Gasteiger partial charge on any atom is -0.478 e. The zero-order valence-corrected chi connectivity index (χ0v) is 14.4. The van der Waals surface area contributed by atoms with Crippen molar-refractivity contribution in [3.05, 3.63) is 65.2 Å². The number of benzene rings is 2. The maximum absolute atomic E-state index is 12.6. The molecule has 1 saturated carbocycles. The topological polar surface area (TPSA) is 86.7 Å². The molecule has 2 aromatic carbocycles. The van der Waals surface area contributed by atoms with Gasteiger partial charge in [0.05, 0.1) is 5.56 Å². The predicted octanol–water partition coefficient (Wildman–Crippen LogP) is 3.01. The average molecular weight is 352 g/mol. The summed E-state index contributed by atoms with van der Waals surface area (Å²) in [6, 6.07) is 13.3. The molecule has 0 aliphatic heterocycles. The molecule has 2 amide bonds. The molecule has 0 aromatic heterocycles. The highest BCUT2D eigenvalue weighted by molar-refractivity contribution is 5.98. The number of carboxylic acids is 1. The monoisotopic (exact) mass is 352 g/mol. The molecule has 2 aromatic rings. The van der Waals surface area contributed by atoms with E-state index in [1.54, 1.807) is 48.3 Å². The van der Waals surface area contributed by atoms with Gasteiger partial charge in [-0.25, -0.2) is 4.79 Å². The zero-order chi connectivity index (χ0) is 18.7. The lowest BCUT2D eigenvalue weighted by Crippen LogP contribution is -2.26. The Morgan fingerprint density at radius 1 is 1.08 bits per heavy atom. The maximum atomic E-state index is 12.6. The van der Waals surface area contributed by atoms with Crippen molar-refractivity contribution >= 4 is 23.5 Å². The Balaban J connectivity index is 1.65. The van der Waals surface area contributed by atoms with Gasteiger partial charge in [0, 0.05) is 30.8 Å². The molecule has 0 spiro atoms. The van der Waals surface area contributed by atoms with E-state index in [1.165, 1.54) is 12.1 Å². The van der Waals surface area contributed by atoms with Gasteiger partial charge in [0.1, 0.15) is 0 Å². The first-order chi connectivity index (χ1) is 12.4. The number of amides is 2. The quantitative estimate of drug-likeness (QED) is 0.837. The summed E-state index contributed by atoms with van der Waals surface area (Å²) in [4.78, 5) is 36.9. The molecule has 6 heteroatoms. The molecule has 2 N–H and O–H groups in total.